The molecule has 3 fully saturated rings. The lowest BCUT2D eigenvalue weighted by molar-refractivity contribution is -0.155. The molecule has 136 valence electrons. The van der Waals surface area contributed by atoms with Gasteiger partial charge in [-0.05, 0) is 25.7 Å². The predicted molar refractivity (Wildman–Crippen MR) is 91.6 cm³/mol. The molecule has 2 saturated heterocycles. The van der Waals surface area contributed by atoms with Gasteiger partial charge in [0.1, 0.15) is 5.54 Å². The van der Waals surface area contributed by atoms with Crippen LogP contribution < -0.4 is 5.32 Å². The summed E-state index contributed by atoms with van der Waals surface area (Å²) in [4.78, 5) is 29.8. The van der Waals surface area contributed by atoms with Crippen molar-refractivity contribution in [2.24, 2.45) is 5.92 Å². The molecule has 2 heterocycles. The number of carbonyl (C=O) groups is 2. The zero-order chi connectivity index (χ0) is 17.2. The molecule has 1 atom stereocenters. The van der Waals surface area contributed by atoms with E-state index in [1.165, 1.54) is 32.1 Å². The molecule has 1 unspecified atom stereocenters. The summed E-state index contributed by atoms with van der Waals surface area (Å²) in [5.74, 6) is 0.0878. The Kier molecular flexibility index (Phi) is 5.45. The predicted octanol–water partition coefficient (Wildman–Crippen LogP) is 1.00. The standard InChI is InChI=1S/C18H31N3O3/c1-19-17(23)18(13-24-2)9-6-10-21(18)16(22)14-11-20(12-14)15-7-4-3-5-8-15/h14-15H,3-13H2,1-2H3,(H,19,23). The van der Waals surface area contributed by atoms with Gasteiger partial charge in [-0.3, -0.25) is 14.5 Å². The number of methoxy groups -OCH3 is 1. The van der Waals surface area contributed by atoms with Crippen LogP contribution in [0.25, 0.3) is 0 Å². The number of hydrogen-bond acceptors (Lipinski definition) is 4. The summed E-state index contributed by atoms with van der Waals surface area (Å²) >= 11 is 0. The van der Waals surface area contributed by atoms with Crippen LogP contribution in [0.3, 0.4) is 0 Å². The van der Waals surface area contributed by atoms with Crippen molar-refractivity contribution < 1.29 is 14.3 Å². The van der Waals surface area contributed by atoms with Crippen LogP contribution in [0.1, 0.15) is 44.9 Å². The first kappa shape index (κ1) is 17.7. The van der Waals surface area contributed by atoms with Crippen LogP contribution in [0, 0.1) is 5.92 Å². The fourth-order valence-corrected chi connectivity index (χ4v) is 4.76. The Morgan fingerprint density at radius 3 is 2.50 bits per heavy atom. The molecule has 1 N–H and O–H groups in total. The van der Waals surface area contributed by atoms with Gasteiger partial charge in [-0.2, -0.15) is 0 Å². The van der Waals surface area contributed by atoms with E-state index >= 15 is 0 Å². The highest BCUT2D eigenvalue weighted by molar-refractivity contribution is 5.93. The first-order valence-corrected chi connectivity index (χ1v) is 9.39. The largest absolute Gasteiger partial charge is 0.382 e. The van der Waals surface area contributed by atoms with E-state index in [4.69, 9.17) is 4.74 Å². The molecule has 6 heteroatoms. The van der Waals surface area contributed by atoms with Crippen LogP contribution in [0.15, 0.2) is 0 Å². The molecular formula is C18H31N3O3. The van der Waals surface area contributed by atoms with E-state index < -0.39 is 5.54 Å². The van der Waals surface area contributed by atoms with Gasteiger partial charge in [0.25, 0.3) is 0 Å². The van der Waals surface area contributed by atoms with E-state index in [-0.39, 0.29) is 24.3 Å². The third kappa shape index (κ3) is 3.06. The highest BCUT2D eigenvalue weighted by Crippen LogP contribution is 2.35. The molecule has 0 radical (unpaired) electrons. The van der Waals surface area contributed by atoms with Gasteiger partial charge in [0.05, 0.1) is 12.5 Å². The van der Waals surface area contributed by atoms with Crippen molar-refractivity contribution >= 4 is 11.8 Å². The van der Waals surface area contributed by atoms with Crippen molar-refractivity contribution in [3.05, 3.63) is 0 Å². The second kappa shape index (κ2) is 7.40. The quantitative estimate of drug-likeness (QED) is 0.813. The Morgan fingerprint density at radius 2 is 1.88 bits per heavy atom. The van der Waals surface area contributed by atoms with E-state index in [1.54, 1.807) is 19.1 Å². The number of likely N-dealkylation sites (N-methyl/N-ethyl adjacent to an activating group) is 1. The first-order valence-electron chi connectivity index (χ1n) is 9.39. The molecule has 24 heavy (non-hydrogen) atoms. The van der Waals surface area contributed by atoms with Crippen LogP contribution in [0.4, 0.5) is 0 Å². The van der Waals surface area contributed by atoms with Gasteiger partial charge in [0.15, 0.2) is 0 Å². The molecule has 0 aromatic carbocycles. The third-order valence-electron chi connectivity index (χ3n) is 6.14. The van der Waals surface area contributed by atoms with E-state index in [2.05, 4.69) is 10.2 Å². The molecule has 2 aliphatic heterocycles. The zero-order valence-electron chi connectivity index (χ0n) is 15.1. The lowest BCUT2D eigenvalue weighted by Crippen LogP contribution is -2.64. The number of rotatable bonds is 5. The molecule has 3 aliphatic rings. The van der Waals surface area contributed by atoms with Crippen molar-refractivity contribution in [1.29, 1.82) is 0 Å². The van der Waals surface area contributed by atoms with Crippen LogP contribution >= 0.6 is 0 Å². The Balaban J connectivity index is 1.62. The first-order chi connectivity index (χ1) is 11.6. The summed E-state index contributed by atoms with van der Waals surface area (Å²) in [7, 11) is 3.23. The number of carbonyl (C=O) groups excluding carboxylic acids is 2. The minimum Gasteiger partial charge on any atom is -0.382 e. The average molecular weight is 337 g/mol. The molecule has 3 rings (SSSR count). The highest BCUT2D eigenvalue weighted by Gasteiger charge is 2.52. The number of amides is 2. The molecular weight excluding hydrogens is 306 g/mol. The zero-order valence-corrected chi connectivity index (χ0v) is 15.1. The highest BCUT2D eigenvalue weighted by atomic mass is 16.5. The minimum atomic E-state index is -0.814. The van der Waals surface area contributed by atoms with Gasteiger partial charge in [0, 0.05) is 39.8 Å². The van der Waals surface area contributed by atoms with E-state index in [0.29, 0.717) is 19.0 Å². The second-order valence-corrected chi connectivity index (χ2v) is 7.58. The van der Waals surface area contributed by atoms with Gasteiger partial charge in [-0.15, -0.1) is 0 Å². The molecule has 1 saturated carbocycles. The molecule has 0 bridgehead atoms. The number of nitrogens with zero attached hydrogens (tertiary/aromatic N) is 2. The van der Waals surface area contributed by atoms with Gasteiger partial charge >= 0.3 is 0 Å². The maximum atomic E-state index is 13.0. The summed E-state index contributed by atoms with van der Waals surface area (Å²) in [6.45, 7) is 2.65. The maximum Gasteiger partial charge on any atom is 0.248 e. The van der Waals surface area contributed by atoms with Gasteiger partial charge in [-0.25, -0.2) is 0 Å². The van der Waals surface area contributed by atoms with Crippen molar-refractivity contribution in [3.8, 4) is 0 Å². The number of hydrogen-bond donors (Lipinski definition) is 1. The summed E-state index contributed by atoms with van der Waals surface area (Å²) in [5.41, 5.74) is -0.814. The lowest BCUT2D eigenvalue weighted by atomic mass is 9.87. The number of nitrogens with one attached hydrogen (secondary N) is 1. The average Bonchev–Trinajstić information content (AvgIpc) is 2.99. The fourth-order valence-electron chi connectivity index (χ4n) is 4.76. The van der Waals surface area contributed by atoms with Crippen LogP contribution in [-0.2, 0) is 14.3 Å². The summed E-state index contributed by atoms with van der Waals surface area (Å²) in [6, 6.07) is 0.670. The molecule has 2 amide bonds. The molecule has 6 nitrogen and oxygen atoms in total. The minimum absolute atomic E-state index is 0.0471. The SMILES string of the molecule is CNC(=O)C1(COC)CCCN1C(=O)C1CN(C2CCCCC2)C1. The van der Waals surface area contributed by atoms with Crippen LogP contribution in [-0.4, -0.2) is 73.6 Å². The van der Waals surface area contributed by atoms with Crippen molar-refractivity contribution in [1.82, 2.24) is 15.1 Å². The molecule has 0 aromatic heterocycles. The normalized spacial score (nSPS) is 29.5. The second-order valence-electron chi connectivity index (χ2n) is 7.58. The lowest BCUT2D eigenvalue weighted by Gasteiger charge is -2.47. The summed E-state index contributed by atoms with van der Waals surface area (Å²) < 4.78 is 5.32. The Morgan fingerprint density at radius 1 is 1.17 bits per heavy atom. The Hall–Kier alpha value is -1.14. The van der Waals surface area contributed by atoms with Crippen molar-refractivity contribution in [3.63, 3.8) is 0 Å². The topological polar surface area (TPSA) is 61.9 Å². The summed E-state index contributed by atoms with van der Waals surface area (Å²) in [6.07, 6.45) is 8.09. The van der Waals surface area contributed by atoms with Crippen LogP contribution in [0.2, 0.25) is 0 Å². The third-order valence-corrected chi connectivity index (χ3v) is 6.14. The number of likely N-dealkylation sites (tertiary alicyclic amines) is 2. The molecule has 0 aromatic rings. The van der Waals surface area contributed by atoms with Crippen molar-refractivity contribution in [2.45, 2.75) is 56.5 Å². The molecule has 1 aliphatic carbocycles. The maximum absolute atomic E-state index is 13.0. The van der Waals surface area contributed by atoms with Gasteiger partial charge < -0.3 is 15.0 Å². The Labute approximate surface area is 144 Å². The van der Waals surface area contributed by atoms with Crippen molar-refractivity contribution in [2.75, 3.05) is 40.4 Å². The van der Waals surface area contributed by atoms with E-state index in [1.807, 2.05) is 0 Å². The van der Waals surface area contributed by atoms with E-state index in [9.17, 15) is 9.59 Å². The van der Waals surface area contributed by atoms with Gasteiger partial charge in [0.2, 0.25) is 11.8 Å². The van der Waals surface area contributed by atoms with Gasteiger partial charge in [-0.1, -0.05) is 19.3 Å². The smallest absolute Gasteiger partial charge is 0.248 e. The monoisotopic (exact) mass is 337 g/mol. The van der Waals surface area contributed by atoms with E-state index in [0.717, 1.165) is 19.5 Å². The Bertz CT molecular complexity index is 472. The molecule has 0 spiro atoms. The number of ether oxygens (including phenoxy) is 1. The summed E-state index contributed by atoms with van der Waals surface area (Å²) in [5, 5.41) is 2.73. The van der Waals surface area contributed by atoms with Crippen LogP contribution in [0.5, 0.6) is 0 Å². The fraction of sp³-hybridized carbons (Fsp3) is 0.889.